The Labute approximate surface area is 265 Å². The van der Waals surface area contributed by atoms with Gasteiger partial charge >= 0.3 is 11.9 Å². The molecule has 5 N–H and O–H groups in total. The molecule has 1 atom stereocenters. The lowest BCUT2D eigenvalue weighted by molar-refractivity contribution is -0.159. The van der Waals surface area contributed by atoms with Crippen LogP contribution in [0.2, 0.25) is 0 Å². The lowest BCUT2D eigenvalue weighted by Gasteiger charge is -2.33. The molecule has 240 valence electrons. The van der Waals surface area contributed by atoms with Gasteiger partial charge in [-0.25, -0.2) is 14.6 Å². The summed E-state index contributed by atoms with van der Waals surface area (Å²) in [5.74, 6) is -1.19. The van der Waals surface area contributed by atoms with Crippen LogP contribution in [-0.4, -0.2) is 79.9 Å². The zero-order valence-electron chi connectivity index (χ0n) is 25.4. The molecule has 0 bridgehead atoms. The molecule has 0 saturated carbocycles. The van der Waals surface area contributed by atoms with Gasteiger partial charge in [0.25, 0.3) is 0 Å². The molecule has 0 radical (unpaired) electrons. The number of aliphatic carboxylic acids is 2. The van der Waals surface area contributed by atoms with Gasteiger partial charge in [0, 0.05) is 24.2 Å². The third kappa shape index (κ3) is 8.36. The molecule has 3 heterocycles. The molecule has 0 unspecified atom stereocenters. The number of nitrogens with one attached hydrogen (secondary N) is 2. The normalized spacial score (nSPS) is 14.4. The monoisotopic (exact) mass is 627 g/mol. The second-order valence-electron chi connectivity index (χ2n) is 11.0. The number of methoxy groups -OCH3 is 1. The number of hydrogen-bond donors (Lipinski definition) is 5. The largest absolute Gasteiger partial charge is 0.497 e. The van der Waals surface area contributed by atoms with Gasteiger partial charge in [-0.3, -0.25) is 4.98 Å². The summed E-state index contributed by atoms with van der Waals surface area (Å²) in [5, 5.41) is 30.5. The molecule has 0 aliphatic carbocycles. The van der Waals surface area contributed by atoms with Crippen LogP contribution in [0.3, 0.4) is 0 Å². The SMILES string of the molecule is COc1ccc2nccc([C@@H](O)CN3CCC(NCc4nc5c(OCc6ccccc6)cccc5[nH]4)CC3)c2c1.O=C(O)C(=O)O. The van der Waals surface area contributed by atoms with E-state index in [1.807, 2.05) is 60.7 Å². The van der Waals surface area contributed by atoms with Crippen LogP contribution < -0.4 is 14.8 Å². The molecule has 1 aliphatic rings. The molecule has 6 rings (SSSR count). The van der Waals surface area contributed by atoms with Crippen molar-refractivity contribution in [2.45, 2.75) is 38.1 Å². The Morgan fingerprint density at radius 2 is 1.78 bits per heavy atom. The number of aliphatic hydroxyl groups is 1. The van der Waals surface area contributed by atoms with Gasteiger partial charge in [0.1, 0.15) is 29.4 Å². The fourth-order valence-electron chi connectivity index (χ4n) is 5.46. The second-order valence-corrected chi connectivity index (χ2v) is 11.0. The third-order valence-electron chi connectivity index (χ3n) is 7.86. The molecular formula is C34H37N5O7. The van der Waals surface area contributed by atoms with Gasteiger partial charge in [-0.05, 0) is 73.5 Å². The van der Waals surface area contributed by atoms with Crippen molar-refractivity contribution in [2.24, 2.45) is 0 Å². The van der Waals surface area contributed by atoms with Crippen LogP contribution in [0.4, 0.5) is 0 Å². The van der Waals surface area contributed by atoms with Gasteiger partial charge in [0.05, 0.1) is 30.8 Å². The third-order valence-corrected chi connectivity index (χ3v) is 7.86. The molecule has 1 saturated heterocycles. The molecule has 46 heavy (non-hydrogen) atoms. The smallest absolute Gasteiger partial charge is 0.414 e. The predicted molar refractivity (Wildman–Crippen MR) is 172 cm³/mol. The first kappa shape index (κ1) is 32.4. The maximum atomic E-state index is 11.1. The molecule has 1 aliphatic heterocycles. The molecule has 2 aromatic heterocycles. The van der Waals surface area contributed by atoms with E-state index in [1.165, 1.54) is 0 Å². The number of piperidine rings is 1. The highest BCUT2D eigenvalue weighted by Gasteiger charge is 2.23. The van der Waals surface area contributed by atoms with Gasteiger partial charge in [0.15, 0.2) is 0 Å². The minimum Gasteiger partial charge on any atom is -0.497 e. The Kier molecular flexibility index (Phi) is 10.8. The van der Waals surface area contributed by atoms with Crippen molar-refractivity contribution < 1.29 is 34.4 Å². The van der Waals surface area contributed by atoms with Crippen LogP contribution in [0.5, 0.6) is 11.5 Å². The van der Waals surface area contributed by atoms with Crippen molar-refractivity contribution >= 4 is 33.9 Å². The summed E-state index contributed by atoms with van der Waals surface area (Å²) in [6.45, 7) is 3.64. The number of β-amino-alcohol motifs (C(OH)–C–C–N with tert-alkyl or cyclic N) is 1. The Hall–Kier alpha value is -5.04. The number of hydrogen-bond acceptors (Lipinski definition) is 9. The fraction of sp³-hybridized carbons (Fsp3) is 0.294. The number of carbonyl (C=O) groups is 2. The minimum atomic E-state index is -1.82. The van der Waals surface area contributed by atoms with E-state index in [0.717, 1.165) is 76.3 Å². The van der Waals surface area contributed by atoms with Crippen molar-refractivity contribution in [3.05, 3.63) is 95.9 Å². The van der Waals surface area contributed by atoms with Crippen LogP contribution in [0.1, 0.15) is 35.9 Å². The number of aromatic nitrogens is 3. The first-order valence-electron chi connectivity index (χ1n) is 15.0. The first-order chi connectivity index (χ1) is 22.3. The summed E-state index contributed by atoms with van der Waals surface area (Å²) in [6.07, 6.45) is 3.21. The number of benzene rings is 3. The maximum Gasteiger partial charge on any atom is 0.414 e. The van der Waals surface area contributed by atoms with E-state index < -0.39 is 18.0 Å². The van der Waals surface area contributed by atoms with Crippen molar-refractivity contribution in [2.75, 3.05) is 26.7 Å². The van der Waals surface area contributed by atoms with E-state index in [-0.39, 0.29) is 0 Å². The average molecular weight is 628 g/mol. The predicted octanol–water partition coefficient (Wildman–Crippen LogP) is 4.14. The average Bonchev–Trinajstić information content (AvgIpc) is 3.51. The number of carboxylic acid groups (broad SMARTS) is 2. The quantitative estimate of drug-likeness (QED) is 0.141. The lowest BCUT2D eigenvalue weighted by atomic mass is 10.0. The minimum absolute atomic E-state index is 0.404. The van der Waals surface area contributed by atoms with E-state index in [1.54, 1.807) is 13.3 Å². The topological polar surface area (TPSA) is 170 Å². The number of nitrogens with zero attached hydrogens (tertiary/aromatic N) is 3. The van der Waals surface area contributed by atoms with E-state index in [4.69, 9.17) is 34.3 Å². The molecule has 1 fully saturated rings. The van der Waals surface area contributed by atoms with Crippen LogP contribution in [-0.2, 0) is 22.7 Å². The number of likely N-dealkylation sites (tertiary alicyclic amines) is 1. The van der Waals surface area contributed by atoms with E-state index in [0.29, 0.717) is 25.7 Å². The zero-order valence-corrected chi connectivity index (χ0v) is 25.4. The zero-order chi connectivity index (χ0) is 32.5. The number of H-pyrrole nitrogens is 1. The Morgan fingerprint density at radius 3 is 2.50 bits per heavy atom. The summed E-state index contributed by atoms with van der Waals surface area (Å²) in [6, 6.07) is 24.3. The number of para-hydroxylation sites is 1. The van der Waals surface area contributed by atoms with Crippen LogP contribution in [0.15, 0.2) is 79.0 Å². The molecule has 5 aromatic rings. The molecular weight excluding hydrogens is 590 g/mol. The van der Waals surface area contributed by atoms with E-state index in [2.05, 4.69) is 32.3 Å². The highest BCUT2D eigenvalue weighted by Crippen LogP contribution is 2.28. The van der Waals surface area contributed by atoms with Gasteiger partial charge in [-0.2, -0.15) is 0 Å². The maximum absolute atomic E-state index is 11.1. The van der Waals surface area contributed by atoms with E-state index in [9.17, 15) is 5.11 Å². The number of fused-ring (bicyclic) bond motifs is 2. The molecule has 12 heteroatoms. The number of ether oxygens (including phenoxy) is 2. The van der Waals surface area contributed by atoms with Crippen molar-refractivity contribution in [1.82, 2.24) is 25.2 Å². The fourth-order valence-corrected chi connectivity index (χ4v) is 5.46. The van der Waals surface area contributed by atoms with Crippen molar-refractivity contribution in [1.29, 1.82) is 0 Å². The highest BCUT2D eigenvalue weighted by atomic mass is 16.5. The van der Waals surface area contributed by atoms with Gasteiger partial charge < -0.3 is 40.0 Å². The number of pyridine rings is 1. The Bertz CT molecular complexity index is 1760. The second kappa shape index (κ2) is 15.3. The van der Waals surface area contributed by atoms with Crippen molar-refractivity contribution in [3.8, 4) is 11.5 Å². The molecule has 0 amide bonds. The summed E-state index contributed by atoms with van der Waals surface area (Å²) in [5.41, 5.74) is 4.72. The molecule has 12 nitrogen and oxygen atoms in total. The van der Waals surface area contributed by atoms with Crippen LogP contribution in [0, 0.1) is 0 Å². The van der Waals surface area contributed by atoms with Gasteiger partial charge in [0.2, 0.25) is 0 Å². The van der Waals surface area contributed by atoms with E-state index >= 15 is 0 Å². The Morgan fingerprint density at radius 1 is 1.02 bits per heavy atom. The first-order valence-corrected chi connectivity index (χ1v) is 15.0. The summed E-state index contributed by atoms with van der Waals surface area (Å²) in [4.78, 5) is 33.3. The molecule has 0 spiro atoms. The van der Waals surface area contributed by atoms with Crippen molar-refractivity contribution in [3.63, 3.8) is 0 Å². The Balaban J connectivity index is 0.000000635. The highest BCUT2D eigenvalue weighted by molar-refractivity contribution is 6.27. The lowest BCUT2D eigenvalue weighted by Crippen LogP contribution is -2.43. The van der Waals surface area contributed by atoms with Crippen LogP contribution in [0.25, 0.3) is 21.9 Å². The van der Waals surface area contributed by atoms with Gasteiger partial charge in [-0.1, -0.05) is 36.4 Å². The summed E-state index contributed by atoms with van der Waals surface area (Å²) >= 11 is 0. The number of imidazole rings is 1. The standard InChI is InChI=1S/C32H35N5O3.C2H2O4/c1-39-24-10-11-27-26(18-24)25(12-15-33-27)29(38)20-37-16-13-23(14-17-37)34-19-31-35-28-8-5-9-30(32(28)36-31)40-21-22-6-3-2-4-7-22;3-1(4)2(5)6/h2-12,15,18,23,29,34,38H,13-14,16-17,19-21H2,1H3,(H,35,36);(H,3,4)(H,5,6)/t29-;/m0./s1. The molecule has 3 aromatic carbocycles. The number of aromatic amines is 1. The summed E-state index contributed by atoms with van der Waals surface area (Å²) in [7, 11) is 1.65. The summed E-state index contributed by atoms with van der Waals surface area (Å²) < 4.78 is 11.5. The number of aliphatic hydroxyl groups excluding tert-OH is 1. The number of rotatable bonds is 10. The van der Waals surface area contributed by atoms with Crippen LogP contribution >= 0.6 is 0 Å². The van der Waals surface area contributed by atoms with Gasteiger partial charge in [-0.15, -0.1) is 0 Å². The number of carboxylic acids is 2.